The number of carbonyl (C=O) groups excluding carboxylic acids is 1. The summed E-state index contributed by atoms with van der Waals surface area (Å²) in [6.07, 6.45) is 0.904. The summed E-state index contributed by atoms with van der Waals surface area (Å²) in [7, 11) is 0. The van der Waals surface area contributed by atoms with Crippen molar-refractivity contribution in [3.8, 4) is 0 Å². The van der Waals surface area contributed by atoms with Crippen LogP contribution in [0.5, 0.6) is 0 Å². The summed E-state index contributed by atoms with van der Waals surface area (Å²) in [5.41, 5.74) is -0.438. The summed E-state index contributed by atoms with van der Waals surface area (Å²) in [6.45, 7) is 8.66. The lowest BCUT2D eigenvalue weighted by atomic mass is 10.0. The van der Waals surface area contributed by atoms with Crippen molar-refractivity contribution in [3.63, 3.8) is 0 Å². The third-order valence-corrected chi connectivity index (χ3v) is 3.08. The maximum Gasteiger partial charge on any atom is 0.410 e. The first-order chi connectivity index (χ1) is 7.97. The second-order valence-corrected chi connectivity index (χ2v) is 5.64. The molecular weight excluding hydrogens is 220 g/mol. The second-order valence-electron chi connectivity index (χ2n) is 5.64. The molecule has 2 heterocycles. The van der Waals surface area contributed by atoms with Gasteiger partial charge in [0, 0.05) is 13.1 Å². The molecule has 0 radical (unpaired) electrons. The number of hydrogen-bond donors (Lipinski definition) is 1. The first kappa shape index (κ1) is 12.6. The van der Waals surface area contributed by atoms with Crippen molar-refractivity contribution in [2.45, 2.75) is 44.9 Å². The number of fused-ring (bicyclic) bond motifs is 1. The summed E-state index contributed by atoms with van der Waals surface area (Å²) in [5.74, 6) is 0. The highest BCUT2D eigenvalue weighted by Crippen LogP contribution is 2.21. The Labute approximate surface area is 102 Å². The van der Waals surface area contributed by atoms with Crippen molar-refractivity contribution in [1.29, 1.82) is 0 Å². The molecule has 98 valence electrons. The highest BCUT2D eigenvalue weighted by atomic mass is 16.6. The smallest absolute Gasteiger partial charge is 0.410 e. The number of hydrogen-bond acceptors (Lipinski definition) is 4. The average molecular weight is 242 g/mol. The van der Waals surface area contributed by atoms with Crippen LogP contribution in [0.3, 0.4) is 0 Å². The van der Waals surface area contributed by atoms with E-state index in [9.17, 15) is 4.79 Å². The summed E-state index contributed by atoms with van der Waals surface area (Å²) < 4.78 is 11.1. The number of ether oxygens (including phenoxy) is 2. The maximum absolute atomic E-state index is 12.1. The minimum Gasteiger partial charge on any atom is -0.444 e. The molecule has 5 heteroatoms. The topological polar surface area (TPSA) is 50.8 Å². The zero-order chi connectivity index (χ0) is 12.5. The van der Waals surface area contributed by atoms with E-state index in [-0.39, 0.29) is 18.2 Å². The van der Waals surface area contributed by atoms with Crippen LogP contribution in [-0.2, 0) is 9.47 Å². The molecule has 2 aliphatic rings. The molecule has 0 aromatic rings. The molecular formula is C12H22N2O3. The van der Waals surface area contributed by atoms with Gasteiger partial charge in [-0.2, -0.15) is 0 Å². The number of piperidine rings is 1. The predicted octanol–water partition coefficient (Wildman–Crippen LogP) is 0.984. The average Bonchev–Trinajstić information content (AvgIpc) is 2.26. The summed E-state index contributed by atoms with van der Waals surface area (Å²) >= 11 is 0. The lowest BCUT2D eigenvalue weighted by Gasteiger charge is -2.43. The molecule has 2 saturated heterocycles. The van der Waals surface area contributed by atoms with Crippen LogP contribution in [0, 0.1) is 0 Å². The Balaban J connectivity index is 2.01. The Hall–Kier alpha value is -0.810. The van der Waals surface area contributed by atoms with Gasteiger partial charge in [0.15, 0.2) is 0 Å². The Morgan fingerprint density at radius 2 is 2.24 bits per heavy atom. The quantitative estimate of drug-likeness (QED) is 0.688. The first-order valence-electron chi connectivity index (χ1n) is 6.29. The molecule has 17 heavy (non-hydrogen) atoms. The molecule has 2 aliphatic heterocycles. The zero-order valence-corrected chi connectivity index (χ0v) is 10.9. The van der Waals surface area contributed by atoms with Crippen molar-refractivity contribution in [2.24, 2.45) is 0 Å². The SMILES string of the molecule is CC(C)(C)OC(=O)N1CCO[C@H]2CCNC[C@H]21. The van der Waals surface area contributed by atoms with Crippen LogP contribution in [0.4, 0.5) is 4.79 Å². The van der Waals surface area contributed by atoms with Crippen LogP contribution >= 0.6 is 0 Å². The largest absolute Gasteiger partial charge is 0.444 e. The van der Waals surface area contributed by atoms with Crippen molar-refractivity contribution in [1.82, 2.24) is 10.2 Å². The number of morpholine rings is 1. The number of carbonyl (C=O) groups is 1. The van der Waals surface area contributed by atoms with E-state index in [1.54, 1.807) is 0 Å². The van der Waals surface area contributed by atoms with E-state index in [0.29, 0.717) is 13.2 Å². The monoisotopic (exact) mass is 242 g/mol. The van der Waals surface area contributed by atoms with Crippen LogP contribution in [0.2, 0.25) is 0 Å². The van der Waals surface area contributed by atoms with Crippen molar-refractivity contribution in [2.75, 3.05) is 26.2 Å². The first-order valence-corrected chi connectivity index (χ1v) is 6.29. The minimum absolute atomic E-state index is 0.118. The standard InChI is InChI=1S/C12H22N2O3/c1-12(2,3)17-11(15)14-6-7-16-10-4-5-13-8-9(10)14/h9-10,13H,4-8H2,1-3H3/t9-,10+/m1/s1. The second kappa shape index (κ2) is 4.82. The van der Waals surface area contributed by atoms with E-state index in [1.165, 1.54) is 0 Å². The summed E-state index contributed by atoms with van der Waals surface area (Å²) in [5, 5.41) is 3.30. The molecule has 0 bridgehead atoms. The van der Waals surface area contributed by atoms with E-state index in [0.717, 1.165) is 19.5 Å². The van der Waals surface area contributed by atoms with Gasteiger partial charge in [0.2, 0.25) is 0 Å². The van der Waals surface area contributed by atoms with E-state index in [2.05, 4.69) is 5.32 Å². The maximum atomic E-state index is 12.1. The molecule has 2 atom stereocenters. The van der Waals surface area contributed by atoms with E-state index in [4.69, 9.17) is 9.47 Å². The summed E-state index contributed by atoms with van der Waals surface area (Å²) in [6, 6.07) is 0.118. The highest BCUT2D eigenvalue weighted by molar-refractivity contribution is 5.68. The molecule has 5 nitrogen and oxygen atoms in total. The molecule has 0 aromatic heterocycles. The van der Waals surface area contributed by atoms with Gasteiger partial charge in [0.1, 0.15) is 5.60 Å². The number of rotatable bonds is 0. The third-order valence-electron chi connectivity index (χ3n) is 3.08. The van der Waals surface area contributed by atoms with Gasteiger partial charge in [-0.3, -0.25) is 4.90 Å². The molecule has 1 amide bonds. The lowest BCUT2D eigenvalue weighted by Crippen LogP contribution is -2.61. The van der Waals surface area contributed by atoms with Crippen molar-refractivity contribution in [3.05, 3.63) is 0 Å². The Morgan fingerprint density at radius 3 is 2.94 bits per heavy atom. The fourth-order valence-electron chi connectivity index (χ4n) is 2.34. The third kappa shape index (κ3) is 3.10. The van der Waals surface area contributed by atoms with Gasteiger partial charge in [-0.1, -0.05) is 0 Å². The van der Waals surface area contributed by atoms with Crippen LogP contribution < -0.4 is 5.32 Å². The highest BCUT2D eigenvalue weighted by Gasteiger charge is 2.38. The van der Waals surface area contributed by atoms with Crippen LogP contribution in [-0.4, -0.2) is 55.0 Å². The van der Waals surface area contributed by atoms with Gasteiger partial charge in [-0.25, -0.2) is 4.79 Å². The van der Waals surface area contributed by atoms with Crippen LogP contribution in [0.25, 0.3) is 0 Å². The van der Waals surface area contributed by atoms with Gasteiger partial charge in [-0.15, -0.1) is 0 Å². The van der Waals surface area contributed by atoms with Crippen LogP contribution in [0.15, 0.2) is 0 Å². The normalized spacial score (nSPS) is 29.7. The molecule has 1 N–H and O–H groups in total. The van der Waals surface area contributed by atoms with Gasteiger partial charge in [-0.05, 0) is 33.7 Å². The molecule has 2 rings (SSSR count). The molecule has 0 spiro atoms. The lowest BCUT2D eigenvalue weighted by molar-refractivity contribution is -0.0849. The molecule has 2 fully saturated rings. The molecule has 0 saturated carbocycles. The number of amides is 1. The fourth-order valence-corrected chi connectivity index (χ4v) is 2.34. The van der Waals surface area contributed by atoms with E-state index in [1.807, 2.05) is 25.7 Å². The molecule has 0 aromatic carbocycles. The van der Waals surface area contributed by atoms with Gasteiger partial charge < -0.3 is 14.8 Å². The molecule has 0 aliphatic carbocycles. The molecule has 0 unspecified atom stereocenters. The van der Waals surface area contributed by atoms with E-state index >= 15 is 0 Å². The van der Waals surface area contributed by atoms with Gasteiger partial charge in [0.05, 0.1) is 18.8 Å². The van der Waals surface area contributed by atoms with Crippen LogP contribution in [0.1, 0.15) is 27.2 Å². The minimum atomic E-state index is -0.438. The fraction of sp³-hybridized carbons (Fsp3) is 0.917. The predicted molar refractivity (Wildman–Crippen MR) is 64.0 cm³/mol. The Kier molecular flexibility index (Phi) is 3.58. The van der Waals surface area contributed by atoms with Gasteiger partial charge in [0.25, 0.3) is 0 Å². The number of nitrogens with zero attached hydrogens (tertiary/aromatic N) is 1. The van der Waals surface area contributed by atoms with E-state index < -0.39 is 5.60 Å². The summed E-state index contributed by atoms with van der Waals surface area (Å²) in [4.78, 5) is 13.9. The Morgan fingerprint density at radius 1 is 1.47 bits per heavy atom. The Bertz CT molecular complexity index is 286. The van der Waals surface area contributed by atoms with Crippen molar-refractivity contribution >= 4 is 6.09 Å². The van der Waals surface area contributed by atoms with Gasteiger partial charge >= 0.3 is 6.09 Å². The van der Waals surface area contributed by atoms with Crippen molar-refractivity contribution < 1.29 is 14.3 Å². The zero-order valence-electron chi connectivity index (χ0n) is 10.9. The number of nitrogens with one attached hydrogen (secondary N) is 1.